The first kappa shape index (κ1) is 15.7. The summed E-state index contributed by atoms with van der Waals surface area (Å²) in [6.07, 6.45) is 2.41. The van der Waals surface area contributed by atoms with Crippen LogP contribution in [0.25, 0.3) is 0 Å². The second-order valence-electron chi connectivity index (χ2n) is 5.76. The van der Waals surface area contributed by atoms with Gasteiger partial charge in [-0.2, -0.15) is 0 Å². The van der Waals surface area contributed by atoms with Crippen LogP contribution in [0.4, 0.5) is 13.2 Å². The van der Waals surface area contributed by atoms with Gasteiger partial charge in [-0.25, -0.2) is 13.2 Å². The molecule has 2 aromatic carbocycles. The lowest BCUT2D eigenvalue weighted by Crippen LogP contribution is -2.18. The lowest BCUT2D eigenvalue weighted by molar-refractivity contribution is 0.103. The third-order valence-electron chi connectivity index (χ3n) is 4.07. The van der Waals surface area contributed by atoms with Gasteiger partial charge in [-0.1, -0.05) is 24.3 Å². The van der Waals surface area contributed by atoms with E-state index in [-0.39, 0.29) is 5.56 Å². The van der Waals surface area contributed by atoms with Crippen LogP contribution in [-0.4, -0.2) is 23.8 Å². The second kappa shape index (κ2) is 6.54. The Balaban J connectivity index is 1.77. The molecule has 3 rings (SSSR count). The van der Waals surface area contributed by atoms with Gasteiger partial charge in [0, 0.05) is 17.7 Å². The fourth-order valence-electron chi connectivity index (χ4n) is 2.81. The van der Waals surface area contributed by atoms with Gasteiger partial charge in [-0.15, -0.1) is 0 Å². The summed E-state index contributed by atoms with van der Waals surface area (Å²) < 4.78 is 39.4. The minimum absolute atomic E-state index is 0.200. The topological polar surface area (TPSA) is 20.3 Å². The molecular formula is C18H16F3NO. The molecule has 0 bridgehead atoms. The summed E-state index contributed by atoms with van der Waals surface area (Å²) >= 11 is 0. The van der Waals surface area contributed by atoms with Crippen molar-refractivity contribution in [3.63, 3.8) is 0 Å². The Kier molecular flexibility index (Phi) is 4.48. The Morgan fingerprint density at radius 1 is 0.913 bits per heavy atom. The molecule has 0 atom stereocenters. The van der Waals surface area contributed by atoms with Crippen LogP contribution in [0.5, 0.6) is 0 Å². The van der Waals surface area contributed by atoms with E-state index in [2.05, 4.69) is 4.90 Å². The van der Waals surface area contributed by atoms with E-state index in [1.54, 1.807) is 12.1 Å². The van der Waals surface area contributed by atoms with Crippen molar-refractivity contribution < 1.29 is 18.0 Å². The van der Waals surface area contributed by atoms with Gasteiger partial charge in [0.05, 0.1) is 0 Å². The molecule has 23 heavy (non-hydrogen) atoms. The lowest BCUT2D eigenvalue weighted by atomic mass is 10.0. The Bertz CT molecular complexity index is 699. The molecule has 0 radical (unpaired) electrons. The van der Waals surface area contributed by atoms with Crippen molar-refractivity contribution in [3.8, 4) is 0 Å². The number of benzene rings is 2. The summed E-state index contributed by atoms with van der Waals surface area (Å²) in [7, 11) is 0. The van der Waals surface area contributed by atoms with Crippen molar-refractivity contribution in [2.24, 2.45) is 0 Å². The molecule has 2 nitrogen and oxygen atoms in total. The SMILES string of the molecule is O=C(c1ccc(CN2CCCC2)cc1)c1cc(F)c(F)c(F)c1. The van der Waals surface area contributed by atoms with E-state index in [1.807, 2.05) is 12.1 Å². The van der Waals surface area contributed by atoms with Crippen molar-refractivity contribution in [2.75, 3.05) is 13.1 Å². The number of nitrogens with zero attached hydrogens (tertiary/aromatic N) is 1. The summed E-state index contributed by atoms with van der Waals surface area (Å²) in [5.41, 5.74) is 1.20. The quantitative estimate of drug-likeness (QED) is 0.629. The van der Waals surface area contributed by atoms with Gasteiger partial charge in [0.15, 0.2) is 23.2 Å². The van der Waals surface area contributed by atoms with E-state index in [9.17, 15) is 18.0 Å². The Morgan fingerprint density at radius 2 is 1.48 bits per heavy atom. The van der Waals surface area contributed by atoms with E-state index in [4.69, 9.17) is 0 Å². The summed E-state index contributed by atoms with van der Waals surface area (Å²) in [5, 5.41) is 0. The van der Waals surface area contributed by atoms with Crippen LogP contribution in [0.15, 0.2) is 36.4 Å². The molecule has 120 valence electrons. The number of likely N-dealkylation sites (tertiary alicyclic amines) is 1. The van der Waals surface area contributed by atoms with Crippen molar-refractivity contribution in [1.29, 1.82) is 0 Å². The number of hydrogen-bond acceptors (Lipinski definition) is 2. The summed E-state index contributed by atoms with van der Waals surface area (Å²) in [5.74, 6) is -4.82. The zero-order valence-corrected chi connectivity index (χ0v) is 12.5. The van der Waals surface area contributed by atoms with Gasteiger partial charge >= 0.3 is 0 Å². The minimum Gasteiger partial charge on any atom is -0.299 e. The van der Waals surface area contributed by atoms with Gasteiger partial charge in [-0.3, -0.25) is 9.69 Å². The molecule has 0 amide bonds. The molecule has 1 fully saturated rings. The molecular weight excluding hydrogens is 303 g/mol. The van der Waals surface area contributed by atoms with Crippen LogP contribution in [0.2, 0.25) is 0 Å². The number of rotatable bonds is 4. The van der Waals surface area contributed by atoms with Crippen molar-refractivity contribution in [3.05, 3.63) is 70.5 Å². The normalized spacial score (nSPS) is 15.1. The van der Waals surface area contributed by atoms with Gasteiger partial charge in [0.25, 0.3) is 0 Å². The standard InChI is InChI=1S/C18H16F3NO/c19-15-9-14(10-16(20)17(15)21)18(23)13-5-3-12(4-6-13)11-22-7-1-2-8-22/h3-6,9-10H,1-2,7-8,11H2. The van der Waals surface area contributed by atoms with Gasteiger partial charge < -0.3 is 0 Å². The first-order valence-corrected chi connectivity index (χ1v) is 7.55. The Morgan fingerprint density at radius 3 is 2.04 bits per heavy atom. The number of carbonyl (C=O) groups is 1. The highest BCUT2D eigenvalue weighted by Gasteiger charge is 2.17. The van der Waals surface area contributed by atoms with Crippen LogP contribution < -0.4 is 0 Å². The third-order valence-corrected chi connectivity index (χ3v) is 4.07. The van der Waals surface area contributed by atoms with Crippen LogP contribution in [0.1, 0.15) is 34.3 Å². The van der Waals surface area contributed by atoms with E-state index >= 15 is 0 Å². The maximum Gasteiger partial charge on any atom is 0.194 e. The number of hydrogen-bond donors (Lipinski definition) is 0. The monoisotopic (exact) mass is 319 g/mol. The molecule has 0 N–H and O–H groups in total. The predicted molar refractivity (Wildman–Crippen MR) is 80.7 cm³/mol. The predicted octanol–water partition coefficient (Wildman–Crippen LogP) is 3.93. The van der Waals surface area contributed by atoms with Crippen molar-refractivity contribution >= 4 is 5.78 Å². The van der Waals surface area contributed by atoms with Crippen LogP contribution >= 0.6 is 0 Å². The maximum atomic E-state index is 13.2. The summed E-state index contributed by atoms with van der Waals surface area (Å²) in [4.78, 5) is 14.6. The maximum absolute atomic E-state index is 13.2. The molecule has 5 heteroatoms. The molecule has 0 unspecified atom stereocenters. The first-order chi connectivity index (χ1) is 11.0. The minimum atomic E-state index is -1.57. The average molecular weight is 319 g/mol. The molecule has 1 aliphatic rings. The lowest BCUT2D eigenvalue weighted by Gasteiger charge is -2.14. The fourth-order valence-corrected chi connectivity index (χ4v) is 2.81. The summed E-state index contributed by atoms with van der Waals surface area (Å²) in [6, 6.07) is 8.38. The fraction of sp³-hybridized carbons (Fsp3) is 0.278. The highest BCUT2D eigenvalue weighted by atomic mass is 19.2. The molecule has 0 spiro atoms. The number of ketones is 1. The van der Waals surface area contributed by atoms with Gasteiger partial charge in [0.1, 0.15) is 0 Å². The molecule has 2 aromatic rings. The molecule has 0 aromatic heterocycles. The van der Waals surface area contributed by atoms with E-state index in [1.165, 1.54) is 12.8 Å². The highest BCUT2D eigenvalue weighted by Crippen LogP contribution is 2.18. The molecule has 1 aliphatic heterocycles. The smallest absolute Gasteiger partial charge is 0.194 e. The van der Waals surface area contributed by atoms with Crippen molar-refractivity contribution in [2.45, 2.75) is 19.4 Å². The zero-order chi connectivity index (χ0) is 16.4. The van der Waals surface area contributed by atoms with Crippen LogP contribution in [-0.2, 0) is 6.54 Å². The number of halogens is 3. The van der Waals surface area contributed by atoms with E-state index in [0.29, 0.717) is 5.56 Å². The largest absolute Gasteiger partial charge is 0.299 e. The van der Waals surface area contributed by atoms with Gasteiger partial charge in [-0.05, 0) is 43.6 Å². The highest BCUT2D eigenvalue weighted by molar-refractivity contribution is 6.09. The third kappa shape index (κ3) is 3.45. The van der Waals surface area contributed by atoms with Crippen LogP contribution in [0, 0.1) is 17.5 Å². The van der Waals surface area contributed by atoms with E-state index in [0.717, 1.165) is 37.3 Å². The van der Waals surface area contributed by atoms with Crippen molar-refractivity contribution in [1.82, 2.24) is 4.90 Å². The van der Waals surface area contributed by atoms with E-state index < -0.39 is 23.2 Å². The average Bonchev–Trinajstić information content (AvgIpc) is 3.05. The molecule has 1 saturated heterocycles. The first-order valence-electron chi connectivity index (χ1n) is 7.55. The van der Waals surface area contributed by atoms with Crippen LogP contribution in [0.3, 0.4) is 0 Å². The molecule has 0 aliphatic carbocycles. The second-order valence-corrected chi connectivity index (χ2v) is 5.76. The number of carbonyl (C=O) groups excluding carboxylic acids is 1. The molecule has 1 heterocycles. The molecule has 0 saturated carbocycles. The van der Waals surface area contributed by atoms with Gasteiger partial charge in [0.2, 0.25) is 0 Å². The Hall–Kier alpha value is -2.14. The summed E-state index contributed by atoms with van der Waals surface area (Å²) in [6.45, 7) is 2.98. The zero-order valence-electron chi connectivity index (χ0n) is 12.5. The Labute approximate surface area is 132 Å².